The fourth-order valence-electron chi connectivity index (χ4n) is 1.70. The first-order chi connectivity index (χ1) is 7.91. The molecule has 0 aromatic heterocycles. The number of halogens is 1. The topological polar surface area (TPSA) is 46.3 Å². The molecule has 1 aromatic rings. The number of amides is 1. The summed E-state index contributed by atoms with van der Waals surface area (Å²) < 4.78 is 0. The molecule has 0 aliphatic carbocycles. The average molecular weight is 271 g/mol. The van der Waals surface area contributed by atoms with Gasteiger partial charge in [0.15, 0.2) is 0 Å². The zero-order valence-electron chi connectivity index (χ0n) is 11.5. The molecule has 18 heavy (non-hydrogen) atoms. The molecule has 102 valence electrons. The maximum Gasteiger partial charge on any atom is 0.239 e. The lowest BCUT2D eigenvalue weighted by molar-refractivity contribution is -0.132. The van der Waals surface area contributed by atoms with Gasteiger partial charge in [-0.25, -0.2) is 0 Å². The van der Waals surface area contributed by atoms with E-state index >= 15 is 0 Å². The van der Waals surface area contributed by atoms with Crippen molar-refractivity contribution in [2.45, 2.75) is 33.4 Å². The highest BCUT2D eigenvalue weighted by Gasteiger charge is 2.20. The Morgan fingerprint density at radius 2 is 2.00 bits per heavy atom. The van der Waals surface area contributed by atoms with E-state index in [2.05, 4.69) is 6.07 Å². The first kappa shape index (κ1) is 16.9. The number of hydrogen-bond donors (Lipinski definition) is 1. The van der Waals surface area contributed by atoms with Gasteiger partial charge in [-0.05, 0) is 18.4 Å². The van der Waals surface area contributed by atoms with Gasteiger partial charge in [0.25, 0.3) is 0 Å². The molecule has 1 amide bonds. The second-order valence-corrected chi connectivity index (χ2v) is 4.95. The lowest BCUT2D eigenvalue weighted by Crippen LogP contribution is -2.44. The fraction of sp³-hybridized carbons (Fsp3) is 0.500. The Labute approximate surface area is 116 Å². The predicted octanol–water partition coefficient (Wildman–Crippen LogP) is 2.36. The third-order valence-electron chi connectivity index (χ3n) is 2.88. The van der Waals surface area contributed by atoms with Crippen molar-refractivity contribution in [3.05, 3.63) is 35.4 Å². The van der Waals surface area contributed by atoms with Crippen molar-refractivity contribution in [3.63, 3.8) is 0 Å². The summed E-state index contributed by atoms with van der Waals surface area (Å²) in [5.74, 6) is 0.170. The van der Waals surface area contributed by atoms with E-state index in [9.17, 15) is 4.79 Å². The summed E-state index contributed by atoms with van der Waals surface area (Å²) in [6.07, 6.45) is 0. The smallest absolute Gasteiger partial charge is 0.239 e. The predicted molar refractivity (Wildman–Crippen MR) is 77.7 cm³/mol. The van der Waals surface area contributed by atoms with Crippen molar-refractivity contribution in [2.24, 2.45) is 11.7 Å². The number of likely N-dealkylation sites (N-methyl/N-ethyl adjacent to an activating group) is 1. The highest BCUT2D eigenvalue weighted by Crippen LogP contribution is 2.09. The zero-order chi connectivity index (χ0) is 13.0. The van der Waals surface area contributed by atoms with Gasteiger partial charge in [-0.3, -0.25) is 4.79 Å². The number of rotatable bonds is 4. The van der Waals surface area contributed by atoms with E-state index in [1.54, 1.807) is 11.9 Å². The molecule has 1 aromatic carbocycles. The van der Waals surface area contributed by atoms with Gasteiger partial charge in [0, 0.05) is 13.6 Å². The summed E-state index contributed by atoms with van der Waals surface area (Å²) >= 11 is 0. The average Bonchev–Trinajstić information content (AvgIpc) is 2.26. The van der Waals surface area contributed by atoms with Crippen LogP contribution in [-0.2, 0) is 11.3 Å². The summed E-state index contributed by atoms with van der Waals surface area (Å²) in [5.41, 5.74) is 8.19. The zero-order valence-corrected chi connectivity index (χ0v) is 12.3. The van der Waals surface area contributed by atoms with E-state index in [0.29, 0.717) is 6.54 Å². The van der Waals surface area contributed by atoms with Gasteiger partial charge < -0.3 is 10.6 Å². The van der Waals surface area contributed by atoms with Gasteiger partial charge in [0.1, 0.15) is 0 Å². The molecule has 1 rings (SSSR count). The number of hydrogen-bond acceptors (Lipinski definition) is 2. The molecule has 0 aliphatic heterocycles. The van der Waals surface area contributed by atoms with Crippen LogP contribution in [0.4, 0.5) is 0 Å². The van der Waals surface area contributed by atoms with Crippen LogP contribution in [0.5, 0.6) is 0 Å². The van der Waals surface area contributed by atoms with Gasteiger partial charge >= 0.3 is 0 Å². The Hall–Kier alpha value is -1.06. The first-order valence-corrected chi connectivity index (χ1v) is 5.98. The lowest BCUT2D eigenvalue weighted by Gasteiger charge is -2.23. The van der Waals surface area contributed by atoms with Gasteiger partial charge in [-0.15, -0.1) is 12.4 Å². The third kappa shape index (κ3) is 4.67. The van der Waals surface area contributed by atoms with E-state index in [1.165, 1.54) is 5.56 Å². The van der Waals surface area contributed by atoms with Crippen LogP contribution in [0.2, 0.25) is 0 Å². The van der Waals surface area contributed by atoms with Crippen LogP contribution in [0.1, 0.15) is 25.0 Å². The molecule has 0 bridgehead atoms. The molecule has 3 nitrogen and oxygen atoms in total. The maximum absolute atomic E-state index is 12.0. The summed E-state index contributed by atoms with van der Waals surface area (Å²) in [7, 11) is 1.80. The molecule has 0 unspecified atom stereocenters. The molecule has 0 heterocycles. The number of aryl methyl sites for hydroxylation is 1. The molecule has 0 spiro atoms. The monoisotopic (exact) mass is 270 g/mol. The van der Waals surface area contributed by atoms with Crippen LogP contribution >= 0.6 is 12.4 Å². The molecule has 0 saturated carbocycles. The number of carbonyl (C=O) groups is 1. The van der Waals surface area contributed by atoms with Crippen LogP contribution in [0.3, 0.4) is 0 Å². The molecule has 0 saturated heterocycles. The van der Waals surface area contributed by atoms with Crippen LogP contribution in [0.15, 0.2) is 24.3 Å². The van der Waals surface area contributed by atoms with E-state index < -0.39 is 6.04 Å². The van der Waals surface area contributed by atoms with Crippen LogP contribution < -0.4 is 5.73 Å². The van der Waals surface area contributed by atoms with Crippen molar-refractivity contribution >= 4 is 18.3 Å². The van der Waals surface area contributed by atoms with Gasteiger partial charge in [0.05, 0.1) is 6.04 Å². The molecular formula is C14H23ClN2O. The molecule has 2 N–H and O–H groups in total. The Balaban J connectivity index is 0.00000289. The van der Waals surface area contributed by atoms with Crippen molar-refractivity contribution in [1.82, 2.24) is 4.90 Å². The van der Waals surface area contributed by atoms with Crippen LogP contribution in [0.25, 0.3) is 0 Å². The molecule has 4 heteroatoms. The quantitative estimate of drug-likeness (QED) is 0.913. The normalized spacial score (nSPS) is 11.9. The van der Waals surface area contributed by atoms with Gasteiger partial charge in [-0.1, -0.05) is 43.7 Å². The first-order valence-electron chi connectivity index (χ1n) is 5.98. The minimum atomic E-state index is -0.412. The second-order valence-electron chi connectivity index (χ2n) is 4.95. The second kappa shape index (κ2) is 7.39. The molecule has 0 fully saturated rings. The molecular weight excluding hydrogens is 248 g/mol. The summed E-state index contributed by atoms with van der Waals surface area (Å²) in [4.78, 5) is 13.7. The highest BCUT2D eigenvalue weighted by atomic mass is 35.5. The SMILES string of the molecule is Cc1cccc(CN(C)C(=O)[C@H](N)C(C)C)c1.Cl. The Morgan fingerprint density at radius 3 is 2.50 bits per heavy atom. The number of nitrogens with zero attached hydrogens (tertiary/aromatic N) is 1. The van der Waals surface area contributed by atoms with Crippen molar-refractivity contribution < 1.29 is 4.79 Å². The van der Waals surface area contributed by atoms with E-state index in [4.69, 9.17) is 5.73 Å². The largest absolute Gasteiger partial charge is 0.340 e. The molecule has 0 radical (unpaired) electrons. The Kier molecular flexibility index (Phi) is 6.96. The molecule has 1 atom stereocenters. The Bertz CT molecular complexity index is 393. The lowest BCUT2D eigenvalue weighted by atomic mass is 10.0. The molecule has 0 aliphatic rings. The van der Waals surface area contributed by atoms with E-state index in [1.807, 2.05) is 39.0 Å². The van der Waals surface area contributed by atoms with E-state index in [-0.39, 0.29) is 24.2 Å². The summed E-state index contributed by atoms with van der Waals surface area (Å²) in [6.45, 7) is 6.58. The minimum Gasteiger partial charge on any atom is -0.340 e. The highest BCUT2D eigenvalue weighted by molar-refractivity contribution is 5.85. The van der Waals surface area contributed by atoms with Crippen LogP contribution in [-0.4, -0.2) is 23.9 Å². The van der Waals surface area contributed by atoms with Crippen molar-refractivity contribution in [1.29, 1.82) is 0 Å². The standard InChI is InChI=1S/C14H22N2O.ClH/c1-10(2)13(15)14(17)16(4)9-12-7-5-6-11(3)8-12;/h5-8,10,13H,9,15H2,1-4H3;1H/t13-;/m1./s1. The number of carbonyl (C=O) groups excluding carboxylic acids is 1. The van der Waals surface area contributed by atoms with Crippen molar-refractivity contribution in [2.75, 3.05) is 7.05 Å². The minimum absolute atomic E-state index is 0. The number of nitrogens with two attached hydrogens (primary N) is 1. The maximum atomic E-state index is 12.0. The van der Waals surface area contributed by atoms with Gasteiger partial charge in [-0.2, -0.15) is 0 Å². The van der Waals surface area contributed by atoms with Crippen molar-refractivity contribution in [3.8, 4) is 0 Å². The number of benzene rings is 1. The van der Waals surface area contributed by atoms with Gasteiger partial charge in [0.2, 0.25) is 5.91 Å². The Morgan fingerprint density at radius 1 is 1.39 bits per heavy atom. The van der Waals surface area contributed by atoms with E-state index in [0.717, 1.165) is 5.56 Å². The summed E-state index contributed by atoms with van der Waals surface area (Å²) in [6, 6.07) is 7.75. The fourth-order valence-corrected chi connectivity index (χ4v) is 1.70. The third-order valence-corrected chi connectivity index (χ3v) is 2.88. The summed E-state index contributed by atoms with van der Waals surface area (Å²) in [5, 5.41) is 0. The van der Waals surface area contributed by atoms with Crippen LogP contribution in [0, 0.1) is 12.8 Å².